The first kappa shape index (κ1) is 12.3. The van der Waals surface area contributed by atoms with Crippen LogP contribution in [-0.2, 0) is 6.42 Å². The molecule has 18 heavy (non-hydrogen) atoms. The Labute approximate surface area is 107 Å². The largest absolute Gasteiger partial charge is 0.384 e. The lowest BCUT2D eigenvalue weighted by Crippen LogP contribution is -2.26. The molecule has 0 saturated heterocycles. The number of amides is 1. The standard InChI is InChI=1S/C10H10ClN5O2/c11-7-3-6(4-8(12)16-7)10(17)13-2-1-9-14-5-15-18-9/h3-5H,1-2H2,(H2,12,16)(H,13,17). The molecule has 1 amide bonds. The van der Waals surface area contributed by atoms with Crippen molar-refractivity contribution in [3.63, 3.8) is 0 Å². The summed E-state index contributed by atoms with van der Waals surface area (Å²) in [7, 11) is 0. The molecule has 0 spiro atoms. The molecular formula is C10H10ClN5O2. The molecule has 0 aliphatic heterocycles. The number of rotatable bonds is 4. The highest BCUT2D eigenvalue weighted by Crippen LogP contribution is 2.11. The molecule has 0 aliphatic rings. The molecule has 3 N–H and O–H groups in total. The Hall–Kier alpha value is -2.15. The van der Waals surface area contributed by atoms with E-state index in [1.54, 1.807) is 0 Å². The van der Waals surface area contributed by atoms with E-state index >= 15 is 0 Å². The molecule has 2 aromatic heterocycles. The van der Waals surface area contributed by atoms with Gasteiger partial charge in [0.1, 0.15) is 11.0 Å². The topological polar surface area (TPSA) is 107 Å². The van der Waals surface area contributed by atoms with Gasteiger partial charge in [0.15, 0.2) is 6.33 Å². The molecule has 0 aromatic carbocycles. The molecule has 2 rings (SSSR count). The molecule has 0 saturated carbocycles. The summed E-state index contributed by atoms with van der Waals surface area (Å²) in [6.07, 6.45) is 1.76. The average molecular weight is 268 g/mol. The second-order valence-electron chi connectivity index (χ2n) is 3.44. The van der Waals surface area contributed by atoms with Gasteiger partial charge in [-0.25, -0.2) is 4.98 Å². The second kappa shape index (κ2) is 5.46. The van der Waals surface area contributed by atoms with Gasteiger partial charge in [-0.15, -0.1) is 0 Å². The van der Waals surface area contributed by atoms with Gasteiger partial charge in [-0.3, -0.25) is 4.79 Å². The molecule has 0 unspecified atom stereocenters. The summed E-state index contributed by atoms with van der Waals surface area (Å²) in [6.45, 7) is 0.376. The summed E-state index contributed by atoms with van der Waals surface area (Å²) in [5, 5.41) is 6.32. The summed E-state index contributed by atoms with van der Waals surface area (Å²) in [5.41, 5.74) is 5.85. The number of nitrogens with two attached hydrogens (primary N) is 1. The van der Waals surface area contributed by atoms with E-state index < -0.39 is 0 Å². The van der Waals surface area contributed by atoms with Crippen LogP contribution >= 0.6 is 11.6 Å². The van der Waals surface area contributed by atoms with E-state index in [0.29, 0.717) is 24.4 Å². The first-order chi connectivity index (χ1) is 8.65. The molecule has 0 radical (unpaired) electrons. The van der Waals surface area contributed by atoms with Gasteiger partial charge in [0.2, 0.25) is 5.89 Å². The number of hydrogen-bond acceptors (Lipinski definition) is 6. The molecule has 2 aromatic rings. The van der Waals surface area contributed by atoms with Gasteiger partial charge in [0.05, 0.1) is 0 Å². The van der Waals surface area contributed by atoms with E-state index in [1.165, 1.54) is 18.5 Å². The molecule has 7 nitrogen and oxygen atoms in total. The number of carbonyl (C=O) groups excluding carboxylic acids is 1. The van der Waals surface area contributed by atoms with Crippen molar-refractivity contribution in [3.8, 4) is 0 Å². The van der Waals surface area contributed by atoms with Crippen molar-refractivity contribution in [1.29, 1.82) is 0 Å². The molecule has 0 fully saturated rings. The maximum Gasteiger partial charge on any atom is 0.251 e. The summed E-state index contributed by atoms with van der Waals surface area (Å²) in [6, 6.07) is 2.90. The van der Waals surface area contributed by atoms with Crippen LogP contribution in [-0.4, -0.2) is 27.6 Å². The number of nitrogen functional groups attached to an aromatic ring is 1. The normalized spacial score (nSPS) is 10.3. The van der Waals surface area contributed by atoms with Crippen LogP contribution in [0.3, 0.4) is 0 Å². The van der Waals surface area contributed by atoms with Gasteiger partial charge in [-0.1, -0.05) is 16.8 Å². The summed E-state index contributed by atoms with van der Waals surface area (Å²) in [4.78, 5) is 19.4. The zero-order valence-electron chi connectivity index (χ0n) is 9.26. The van der Waals surface area contributed by atoms with E-state index in [1.807, 2.05) is 0 Å². The first-order valence-electron chi connectivity index (χ1n) is 5.12. The number of hydrogen-bond donors (Lipinski definition) is 2. The van der Waals surface area contributed by atoms with Crippen LogP contribution in [0.5, 0.6) is 0 Å². The summed E-state index contributed by atoms with van der Waals surface area (Å²) in [5.74, 6) is 0.373. The Morgan fingerprint density at radius 3 is 3.00 bits per heavy atom. The van der Waals surface area contributed by atoms with Crippen molar-refractivity contribution < 1.29 is 9.32 Å². The third kappa shape index (κ3) is 3.17. The Morgan fingerprint density at radius 1 is 1.50 bits per heavy atom. The Bertz CT molecular complexity index is 523. The molecule has 0 bridgehead atoms. The van der Waals surface area contributed by atoms with Gasteiger partial charge in [-0.2, -0.15) is 4.98 Å². The fourth-order valence-electron chi connectivity index (χ4n) is 1.34. The molecule has 0 aliphatic carbocycles. The van der Waals surface area contributed by atoms with Gasteiger partial charge in [0.25, 0.3) is 5.91 Å². The third-order valence-electron chi connectivity index (χ3n) is 2.11. The molecule has 94 valence electrons. The van der Waals surface area contributed by atoms with E-state index in [-0.39, 0.29) is 16.9 Å². The minimum Gasteiger partial charge on any atom is -0.384 e. The van der Waals surface area contributed by atoms with Gasteiger partial charge >= 0.3 is 0 Å². The molecule has 8 heteroatoms. The Kier molecular flexibility index (Phi) is 3.73. The van der Waals surface area contributed by atoms with Crippen LogP contribution in [0.1, 0.15) is 16.2 Å². The number of anilines is 1. The summed E-state index contributed by atoms with van der Waals surface area (Å²) >= 11 is 5.71. The number of pyridine rings is 1. The first-order valence-corrected chi connectivity index (χ1v) is 5.50. The molecular weight excluding hydrogens is 258 g/mol. The van der Waals surface area contributed by atoms with Crippen molar-refractivity contribution >= 4 is 23.3 Å². The van der Waals surface area contributed by atoms with Crippen LogP contribution in [0.25, 0.3) is 0 Å². The monoisotopic (exact) mass is 267 g/mol. The fourth-order valence-corrected chi connectivity index (χ4v) is 1.55. The highest BCUT2D eigenvalue weighted by Gasteiger charge is 2.08. The molecule has 2 heterocycles. The fraction of sp³-hybridized carbons (Fsp3) is 0.200. The van der Waals surface area contributed by atoms with Gasteiger partial charge in [0, 0.05) is 18.5 Å². The minimum absolute atomic E-state index is 0.178. The van der Waals surface area contributed by atoms with Gasteiger partial charge in [-0.05, 0) is 12.1 Å². The van der Waals surface area contributed by atoms with Crippen LogP contribution in [0.2, 0.25) is 5.15 Å². The van der Waals surface area contributed by atoms with E-state index in [0.717, 1.165) is 0 Å². The quantitative estimate of drug-likeness (QED) is 0.789. The predicted octanol–water partition coefficient (Wildman–Crippen LogP) is 0.673. The number of aromatic nitrogens is 3. The Balaban J connectivity index is 1.91. The highest BCUT2D eigenvalue weighted by atomic mass is 35.5. The number of nitrogens with zero attached hydrogens (tertiary/aromatic N) is 3. The van der Waals surface area contributed by atoms with Crippen molar-refractivity contribution in [2.24, 2.45) is 0 Å². The maximum atomic E-state index is 11.8. The smallest absolute Gasteiger partial charge is 0.251 e. The van der Waals surface area contributed by atoms with Crippen LogP contribution < -0.4 is 11.1 Å². The van der Waals surface area contributed by atoms with E-state index in [4.69, 9.17) is 21.9 Å². The van der Waals surface area contributed by atoms with E-state index in [2.05, 4.69) is 20.4 Å². The Morgan fingerprint density at radius 2 is 2.33 bits per heavy atom. The summed E-state index contributed by atoms with van der Waals surface area (Å²) < 4.78 is 4.80. The minimum atomic E-state index is -0.287. The van der Waals surface area contributed by atoms with Crippen molar-refractivity contribution in [2.75, 3.05) is 12.3 Å². The second-order valence-corrected chi connectivity index (χ2v) is 3.83. The third-order valence-corrected chi connectivity index (χ3v) is 2.30. The van der Waals surface area contributed by atoms with Crippen LogP contribution in [0.4, 0.5) is 5.82 Å². The number of carbonyl (C=O) groups is 1. The van der Waals surface area contributed by atoms with Crippen molar-refractivity contribution in [2.45, 2.75) is 6.42 Å². The zero-order chi connectivity index (χ0) is 13.0. The zero-order valence-corrected chi connectivity index (χ0v) is 10.0. The van der Waals surface area contributed by atoms with E-state index in [9.17, 15) is 4.79 Å². The van der Waals surface area contributed by atoms with Crippen molar-refractivity contribution in [1.82, 2.24) is 20.4 Å². The lowest BCUT2D eigenvalue weighted by atomic mass is 10.2. The average Bonchev–Trinajstić information content (AvgIpc) is 2.80. The maximum absolute atomic E-state index is 11.8. The lowest BCUT2D eigenvalue weighted by molar-refractivity contribution is 0.0953. The predicted molar refractivity (Wildman–Crippen MR) is 64.0 cm³/mol. The highest BCUT2D eigenvalue weighted by molar-refractivity contribution is 6.29. The SMILES string of the molecule is Nc1cc(C(=O)NCCc2ncno2)cc(Cl)n1. The van der Waals surface area contributed by atoms with Crippen LogP contribution in [0, 0.1) is 0 Å². The molecule has 0 atom stereocenters. The number of nitrogens with one attached hydrogen (secondary N) is 1. The lowest BCUT2D eigenvalue weighted by Gasteiger charge is -2.04. The van der Waals surface area contributed by atoms with Gasteiger partial charge < -0.3 is 15.6 Å². The van der Waals surface area contributed by atoms with Crippen LogP contribution in [0.15, 0.2) is 23.0 Å². The number of halogens is 1. The van der Waals surface area contributed by atoms with Crippen molar-refractivity contribution in [3.05, 3.63) is 35.1 Å².